The molecule has 0 amide bonds. The average molecular weight is 198 g/mol. The van der Waals surface area contributed by atoms with E-state index in [1.807, 2.05) is 6.92 Å². The summed E-state index contributed by atoms with van der Waals surface area (Å²) in [5.41, 5.74) is 0. The zero-order valence-corrected chi connectivity index (χ0v) is 9.56. The van der Waals surface area contributed by atoms with Gasteiger partial charge in [-0.05, 0) is 38.0 Å². The van der Waals surface area contributed by atoms with E-state index < -0.39 is 0 Å². The Balaban J connectivity index is 2.31. The molecule has 0 atom stereocenters. The lowest BCUT2D eigenvalue weighted by Crippen LogP contribution is -2.14. The van der Waals surface area contributed by atoms with Crippen molar-refractivity contribution in [2.24, 2.45) is 11.8 Å². The predicted molar refractivity (Wildman–Crippen MR) is 59.8 cm³/mol. The van der Waals surface area contributed by atoms with E-state index in [1.165, 1.54) is 25.7 Å². The third-order valence-corrected chi connectivity index (χ3v) is 3.33. The molecule has 0 bridgehead atoms. The zero-order valence-electron chi connectivity index (χ0n) is 9.56. The molecule has 1 fully saturated rings. The van der Waals surface area contributed by atoms with Crippen molar-refractivity contribution in [1.82, 2.24) is 0 Å². The Labute approximate surface area is 87.6 Å². The van der Waals surface area contributed by atoms with Crippen molar-refractivity contribution in [3.63, 3.8) is 0 Å². The van der Waals surface area contributed by atoms with Crippen LogP contribution in [0.1, 0.15) is 58.8 Å². The van der Waals surface area contributed by atoms with Gasteiger partial charge in [0.1, 0.15) is 0 Å². The lowest BCUT2D eigenvalue weighted by atomic mass is 9.79. The Kier molecular flexibility index (Phi) is 5.21. The van der Waals surface area contributed by atoms with E-state index in [4.69, 9.17) is 0 Å². The van der Waals surface area contributed by atoms with Crippen molar-refractivity contribution in [2.75, 3.05) is 0 Å². The molecule has 82 valence electrons. The van der Waals surface area contributed by atoms with Crippen molar-refractivity contribution in [3.8, 4) is 0 Å². The summed E-state index contributed by atoms with van der Waals surface area (Å²) in [5.74, 6) is 1.29. The summed E-state index contributed by atoms with van der Waals surface area (Å²) in [7, 11) is 0. The Morgan fingerprint density at radius 3 is 2.36 bits per heavy atom. The van der Waals surface area contributed by atoms with Gasteiger partial charge >= 0.3 is 0 Å². The molecule has 0 radical (unpaired) electrons. The van der Waals surface area contributed by atoms with Gasteiger partial charge in [-0.25, -0.2) is 4.39 Å². The van der Waals surface area contributed by atoms with E-state index in [0.717, 1.165) is 25.2 Å². The summed E-state index contributed by atoms with van der Waals surface area (Å²) in [4.78, 5) is 0. The van der Waals surface area contributed by atoms with E-state index in [0.29, 0.717) is 0 Å². The molecular weight excluding hydrogens is 175 g/mol. The van der Waals surface area contributed by atoms with E-state index in [1.54, 1.807) is 6.08 Å². The SMILES string of the molecule is CCC=C(F)C1CCC(CCC)CC1. The van der Waals surface area contributed by atoms with Crippen LogP contribution in [0, 0.1) is 11.8 Å². The molecule has 0 heterocycles. The Morgan fingerprint density at radius 2 is 1.86 bits per heavy atom. The molecule has 1 aliphatic rings. The minimum absolute atomic E-state index is 0.155. The van der Waals surface area contributed by atoms with Crippen molar-refractivity contribution in [3.05, 3.63) is 11.9 Å². The van der Waals surface area contributed by atoms with Gasteiger partial charge in [0.2, 0.25) is 0 Å². The molecule has 0 aromatic rings. The van der Waals surface area contributed by atoms with Gasteiger partial charge in [-0.3, -0.25) is 0 Å². The van der Waals surface area contributed by atoms with Crippen LogP contribution < -0.4 is 0 Å². The first-order valence-corrected chi connectivity index (χ1v) is 6.13. The van der Waals surface area contributed by atoms with Crippen molar-refractivity contribution in [2.45, 2.75) is 58.8 Å². The first-order chi connectivity index (χ1) is 6.77. The van der Waals surface area contributed by atoms with Crippen molar-refractivity contribution in [1.29, 1.82) is 0 Å². The molecule has 1 rings (SSSR count). The average Bonchev–Trinajstić information content (AvgIpc) is 2.20. The summed E-state index contributed by atoms with van der Waals surface area (Å²) in [5, 5.41) is 0. The maximum atomic E-state index is 13.5. The summed E-state index contributed by atoms with van der Waals surface area (Å²) >= 11 is 0. The zero-order chi connectivity index (χ0) is 10.4. The largest absolute Gasteiger partial charge is 0.212 e. The van der Waals surface area contributed by atoms with Crippen LogP contribution in [0.15, 0.2) is 11.9 Å². The third kappa shape index (κ3) is 3.43. The van der Waals surface area contributed by atoms with E-state index >= 15 is 0 Å². The molecule has 0 spiro atoms. The monoisotopic (exact) mass is 198 g/mol. The normalized spacial score (nSPS) is 29.2. The fraction of sp³-hybridized carbons (Fsp3) is 0.846. The fourth-order valence-corrected chi connectivity index (χ4v) is 2.50. The minimum atomic E-state index is 0.155. The first kappa shape index (κ1) is 11.7. The van der Waals surface area contributed by atoms with Crippen LogP contribution in [0.25, 0.3) is 0 Å². The van der Waals surface area contributed by atoms with Gasteiger partial charge in [-0.2, -0.15) is 0 Å². The fourth-order valence-electron chi connectivity index (χ4n) is 2.50. The molecule has 1 saturated carbocycles. The molecular formula is C13H23F. The number of hydrogen-bond donors (Lipinski definition) is 0. The third-order valence-electron chi connectivity index (χ3n) is 3.33. The molecule has 0 saturated heterocycles. The minimum Gasteiger partial charge on any atom is -0.212 e. The molecule has 0 N–H and O–H groups in total. The highest BCUT2D eigenvalue weighted by molar-refractivity contribution is 4.98. The quantitative estimate of drug-likeness (QED) is 0.605. The lowest BCUT2D eigenvalue weighted by Gasteiger charge is -2.27. The molecule has 1 heteroatoms. The van der Waals surface area contributed by atoms with Crippen LogP contribution >= 0.6 is 0 Å². The van der Waals surface area contributed by atoms with E-state index in [2.05, 4.69) is 6.92 Å². The van der Waals surface area contributed by atoms with Crippen LogP contribution in [0.4, 0.5) is 4.39 Å². The van der Waals surface area contributed by atoms with E-state index in [9.17, 15) is 4.39 Å². The van der Waals surface area contributed by atoms with Crippen LogP contribution in [-0.2, 0) is 0 Å². The van der Waals surface area contributed by atoms with Gasteiger partial charge in [-0.15, -0.1) is 0 Å². The molecule has 0 aliphatic heterocycles. The number of rotatable bonds is 4. The Bertz CT molecular complexity index is 176. The van der Waals surface area contributed by atoms with E-state index in [-0.39, 0.29) is 11.7 Å². The molecule has 0 nitrogen and oxygen atoms in total. The standard InChI is InChI=1S/C13H23F/c1-3-5-11-7-9-12(10-8-11)13(14)6-4-2/h6,11-12H,3-5,7-10H2,1-2H3. The second-order valence-electron chi connectivity index (χ2n) is 4.50. The Morgan fingerprint density at radius 1 is 1.21 bits per heavy atom. The molecule has 0 aromatic carbocycles. The summed E-state index contributed by atoms with van der Waals surface area (Å²) < 4.78 is 13.5. The topological polar surface area (TPSA) is 0 Å². The highest BCUT2D eigenvalue weighted by Gasteiger charge is 2.22. The van der Waals surface area contributed by atoms with Crippen LogP contribution in [0.2, 0.25) is 0 Å². The van der Waals surface area contributed by atoms with Gasteiger partial charge in [0.25, 0.3) is 0 Å². The second kappa shape index (κ2) is 6.21. The highest BCUT2D eigenvalue weighted by atomic mass is 19.1. The predicted octanol–water partition coefficient (Wildman–Crippen LogP) is 4.86. The van der Waals surface area contributed by atoms with Gasteiger partial charge in [0, 0.05) is 5.92 Å². The summed E-state index contributed by atoms with van der Waals surface area (Å²) in [6.07, 6.45) is 9.84. The Hall–Kier alpha value is -0.330. The maximum Gasteiger partial charge on any atom is 0.0990 e. The van der Waals surface area contributed by atoms with Gasteiger partial charge < -0.3 is 0 Å². The molecule has 0 aromatic heterocycles. The van der Waals surface area contributed by atoms with Gasteiger partial charge in [-0.1, -0.05) is 32.8 Å². The highest BCUT2D eigenvalue weighted by Crippen LogP contribution is 2.35. The lowest BCUT2D eigenvalue weighted by molar-refractivity contribution is 0.262. The first-order valence-electron chi connectivity index (χ1n) is 6.13. The van der Waals surface area contributed by atoms with Crippen LogP contribution in [0.5, 0.6) is 0 Å². The summed E-state index contributed by atoms with van der Waals surface area (Å²) in [6.45, 7) is 4.24. The maximum absolute atomic E-state index is 13.5. The number of allylic oxidation sites excluding steroid dienone is 2. The molecule has 1 aliphatic carbocycles. The van der Waals surface area contributed by atoms with Gasteiger partial charge in [0.05, 0.1) is 5.83 Å². The number of halogens is 1. The van der Waals surface area contributed by atoms with Crippen molar-refractivity contribution < 1.29 is 4.39 Å². The van der Waals surface area contributed by atoms with Gasteiger partial charge in [0.15, 0.2) is 0 Å². The number of hydrogen-bond acceptors (Lipinski definition) is 0. The summed E-state index contributed by atoms with van der Waals surface area (Å²) in [6, 6.07) is 0. The van der Waals surface area contributed by atoms with Crippen LogP contribution in [-0.4, -0.2) is 0 Å². The smallest absolute Gasteiger partial charge is 0.0990 e. The second-order valence-corrected chi connectivity index (χ2v) is 4.50. The van der Waals surface area contributed by atoms with Crippen LogP contribution in [0.3, 0.4) is 0 Å². The van der Waals surface area contributed by atoms with Crippen molar-refractivity contribution >= 4 is 0 Å². The molecule has 0 unspecified atom stereocenters. The molecule has 14 heavy (non-hydrogen) atoms.